The lowest BCUT2D eigenvalue weighted by molar-refractivity contribution is -0.125. The summed E-state index contributed by atoms with van der Waals surface area (Å²) in [6, 6.07) is 8.26. The van der Waals surface area contributed by atoms with Crippen LogP contribution in [-0.4, -0.2) is 15.5 Å². The van der Waals surface area contributed by atoms with Crippen molar-refractivity contribution >= 4 is 16.9 Å². The maximum Gasteiger partial charge on any atom is 0.223 e. The monoisotopic (exact) mass is 343 g/mol. The van der Waals surface area contributed by atoms with Gasteiger partial charge in [0.1, 0.15) is 5.82 Å². The van der Waals surface area contributed by atoms with Crippen LogP contribution in [0.5, 0.6) is 0 Å². The average Bonchev–Trinajstić information content (AvgIpc) is 2.98. The van der Waals surface area contributed by atoms with Gasteiger partial charge < -0.3 is 9.88 Å². The Labute approximate surface area is 152 Å². The molecule has 0 aliphatic rings. The number of aromatic nitrogens is 2. The summed E-state index contributed by atoms with van der Waals surface area (Å²) in [5, 5.41) is 3.09. The van der Waals surface area contributed by atoms with E-state index in [-0.39, 0.29) is 11.8 Å². The highest BCUT2D eigenvalue weighted by Crippen LogP contribution is 2.18. The van der Waals surface area contributed by atoms with Gasteiger partial charge in [-0.1, -0.05) is 58.6 Å². The van der Waals surface area contributed by atoms with Crippen LogP contribution < -0.4 is 5.32 Å². The minimum Gasteiger partial charge on any atom is -0.349 e. The van der Waals surface area contributed by atoms with Gasteiger partial charge in [-0.2, -0.15) is 0 Å². The molecule has 4 heteroatoms. The van der Waals surface area contributed by atoms with E-state index in [0.717, 1.165) is 37.1 Å². The topological polar surface area (TPSA) is 46.9 Å². The average molecular weight is 344 g/mol. The number of aryl methyl sites for hydroxylation is 1. The lowest BCUT2D eigenvalue weighted by Crippen LogP contribution is -2.30. The van der Waals surface area contributed by atoms with Crippen molar-refractivity contribution in [2.24, 2.45) is 5.92 Å². The maximum atomic E-state index is 12.3. The highest BCUT2D eigenvalue weighted by Gasteiger charge is 2.16. The fraction of sp³-hybridized carbons (Fsp3) is 0.619. The third-order valence-electron chi connectivity index (χ3n) is 5.00. The molecule has 2 rings (SSSR count). The van der Waals surface area contributed by atoms with Gasteiger partial charge in [0.25, 0.3) is 0 Å². The van der Waals surface area contributed by atoms with Crippen LogP contribution in [0.25, 0.3) is 11.0 Å². The Morgan fingerprint density at radius 1 is 1.08 bits per heavy atom. The zero-order valence-corrected chi connectivity index (χ0v) is 16.1. The second kappa shape index (κ2) is 10.2. The lowest BCUT2D eigenvalue weighted by Gasteiger charge is -2.14. The van der Waals surface area contributed by atoms with Crippen LogP contribution in [0.15, 0.2) is 24.3 Å². The van der Waals surface area contributed by atoms with Crippen molar-refractivity contribution in [3.05, 3.63) is 30.1 Å². The molecular formula is C21H33N3O. The second-order valence-corrected chi connectivity index (χ2v) is 6.81. The molecule has 1 aromatic carbocycles. The molecule has 25 heavy (non-hydrogen) atoms. The molecule has 1 heterocycles. The molecule has 0 spiro atoms. The van der Waals surface area contributed by atoms with Crippen LogP contribution in [-0.2, 0) is 17.9 Å². The number of amides is 1. The van der Waals surface area contributed by atoms with E-state index in [1.54, 1.807) is 0 Å². The van der Waals surface area contributed by atoms with Crippen LogP contribution in [0.1, 0.15) is 71.5 Å². The molecule has 0 saturated carbocycles. The second-order valence-electron chi connectivity index (χ2n) is 6.81. The fourth-order valence-electron chi connectivity index (χ4n) is 3.35. The van der Waals surface area contributed by atoms with E-state index in [2.05, 4.69) is 48.9 Å². The molecule has 0 aliphatic carbocycles. The number of imidazole rings is 1. The molecule has 1 amide bonds. The number of fused-ring (bicyclic) bond motifs is 1. The van der Waals surface area contributed by atoms with Gasteiger partial charge in [-0.25, -0.2) is 4.98 Å². The first-order chi connectivity index (χ1) is 12.2. The number of hydrogen-bond acceptors (Lipinski definition) is 2. The number of unbranched alkanes of at least 4 members (excludes halogenated alkanes) is 4. The predicted octanol–water partition coefficient (Wildman–Crippen LogP) is 5.06. The summed E-state index contributed by atoms with van der Waals surface area (Å²) in [5.74, 6) is 1.22. The first-order valence-electron chi connectivity index (χ1n) is 9.93. The van der Waals surface area contributed by atoms with Crippen LogP contribution >= 0.6 is 0 Å². The number of benzene rings is 1. The zero-order chi connectivity index (χ0) is 18.1. The lowest BCUT2D eigenvalue weighted by atomic mass is 10.0. The van der Waals surface area contributed by atoms with E-state index >= 15 is 0 Å². The normalized spacial score (nSPS) is 11.4. The Kier molecular flexibility index (Phi) is 7.96. The summed E-state index contributed by atoms with van der Waals surface area (Å²) in [6.07, 6.45) is 8.05. The summed E-state index contributed by atoms with van der Waals surface area (Å²) in [4.78, 5) is 17.0. The summed E-state index contributed by atoms with van der Waals surface area (Å²) in [7, 11) is 0. The quantitative estimate of drug-likeness (QED) is 0.580. The first kappa shape index (κ1) is 19.5. The van der Waals surface area contributed by atoms with Gasteiger partial charge in [-0.3, -0.25) is 4.79 Å². The number of nitrogens with zero attached hydrogens (tertiary/aromatic N) is 2. The first-order valence-corrected chi connectivity index (χ1v) is 9.93. The third-order valence-corrected chi connectivity index (χ3v) is 5.00. The van der Waals surface area contributed by atoms with E-state index in [1.807, 2.05) is 6.07 Å². The minimum atomic E-state index is 0.104. The van der Waals surface area contributed by atoms with Gasteiger partial charge >= 0.3 is 0 Å². The molecule has 1 aromatic heterocycles. The smallest absolute Gasteiger partial charge is 0.223 e. The zero-order valence-electron chi connectivity index (χ0n) is 16.1. The summed E-state index contributed by atoms with van der Waals surface area (Å²) in [6.45, 7) is 7.86. The van der Waals surface area contributed by atoms with Gasteiger partial charge in [0.2, 0.25) is 5.91 Å². The van der Waals surface area contributed by atoms with Crippen LogP contribution in [0, 0.1) is 5.92 Å². The minimum absolute atomic E-state index is 0.104. The highest BCUT2D eigenvalue weighted by molar-refractivity contribution is 5.79. The Morgan fingerprint density at radius 3 is 2.52 bits per heavy atom. The van der Waals surface area contributed by atoms with Crippen molar-refractivity contribution in [1.82, 2.24) is 14.9 Å². The molecule has 0 radical (unpaired) electrons. The van der Waals surface area contributed by atoms with Gasteiger partial charge in [0.15, 0.2) is 0 Å². The number of carbonyl (C=O) groups excluding carboxylic acids is 1. The number of hydrogen-bond donors (Lipinski definition) is 1. The van der Waals surface area contributed by atoms with Crippen LogP contribution in [0.4, 0.5) is 0 Å². The number of para-hydroxylation sites is 2. The van der Waals surface area contributed by atoms with Crippen molar-refractivity contribution in [3.63, 3.8) is 0 Å². The molecule has 0 unspecified atom stereocenters. The van der Waals surface area contributed by atoms with Crippen LogP contribution in [0.2, 0.25) is 0 Å². The van der Waals surface area contributed by atoms with E-state index in [9.17, 15) is 4.79 Å². The third kappa shape index (κ3) is 5.32. The predicted molar refractivity (Wildman–Crippen MR) is 104 cm³/mol. The van der Waals surface area contributed by atoms with Gasteiger partial charge in [-0.05, 0) is 31.4 Å². The maximum absolute atomic E-state index is 12.3. The largest absolute Gasteiger partial charge is 0.349 e. The van der Waals surface area contributed by atoms with Crippen LogP contribution in [0.3, 0.4) is 0 Å². The van der Waals surface area contributed by atoms with Crippen molar-refractivity contribution in [1.29, 1.82) is 0 Å². The van der Waals surface area contributed by atoms with Gasteiger partial charge in [0, 0.05) is 12.5 Å². The molecule has 0 atom stereocenters. The molecule has 4 nitrogen and oxygen atoms in total. The number of nitrogens with one attached hydrogen (secondary N) is 1. The van der Waals surface area contributed by atoms with E-state index in [0.29, 0.717) is 6.54 Å². The molecule has 138 valence electrons. The summed E-state index contributed by atoms with van der Waals surface area (Å²) < 4.78 is 2.29. The summed E-state index contributed by atoms with van der Waals surface area (Å²) in [5.41, 5.74) is 2.19. The molecular weight excluding hydrogens is 310 g/mol. The standard InChI is InChI=1S/C21H33N3O/c1-4-7-8-9-12-15-24-19-14-11-10-13-18(19)23-20(24)16-22-21(25)17(5-2)6-3/h10-11,13-14,17H,4-9,12,15-16H2,1-3H3,(H,22,25). The summed E-state index contributed by atoms with van der Waals surface area (Å²) >= 11 is 0. The Balaban J connectivity index is 2.06. The molecule has 0 fully saturated rings. The van der Waals surface area contributed by atoms with E-state index in [4.69, 9.17) is 4.98 Å². The Hall–Kier alpha value is -1.84. The number of carbonyl (C=O) groups is 1. The van der Waals surface area contributed by atoms with Crippen molar-refractivity contribution in [2.75, 3.05) is 0 Å². The fourth-order valence-corrected chi connectivity index (χ4v) is 3.35. The van der Waals surface area contributed by atoms with E-state index < -0.39 is 0 Å². The molecule has 0 bridgehead atoms. The van der Waals surface area contributed by atoms with E-state index in [1.165, 1.54) is 31.2 Å². The highest BCUT2D eigenvalue weighted by atomic mass is 16.1. The molecule has 0 aliphatic heterocycles. The van der Waals surface area contributed by atoms with Gasteiger partial charge in [-0.15, -0.1) is 0 Å². The van der Waals surface area contributed by atoms with Crippen molar-refractivity contribution in [3.8, 4) is 0 Å². The number of rotatable bonds is 11. The van der Waals surface area contributed by atoms with Crippen molar-refractivity contribution < 1.29 is 4.79 Å². The molecule has 1 N–H and O–H groups in total. The van der Waals surface area contributed by atoms with Crippen molar-refractivity contribution in [2.45, 2.75) is 78.8 Å². The molecule has 2 aromatic rings. The Bertz CT molecular complexity index is 658. The van der Waals surface area contributed by atoms with Gasteiger partial charge in [0.05, 0.1) is 17.6 Å². The molecule has 0 saturated heterocycles. The Morgan fingerprint density at radius 2 is 1.80 bits per heavy atom. The SMILES string of the molecule is CCCCCCCn1c(CNC(=O)C(CC)CC)nc2ccccc21.